The van der Waals surface area contributed by atoms with Crippen LogP contribution in [-0.2, 0) is 6.54 Å². The molecule has 2 aromatic carbocycles. The van der Waals surface area contributed by atoms with Crippen molar-refractivity contribution in [2.75, 3.05) is 5.73 Å². The molecule has 0 spiro atoms. The Labute approximate surface area is 181 Å². The molecule has 7 nitrogen and oxygen atoms in total. The summed E-state index contributed by atoms with van der Waals surface area (Å²) in [6, 6.07) is 15.3. The molecule has 7 heteroatoms. The molecule has 0 radical (unpaired) electrons. The van der Waals surface area contributed by atoms with E-state index in [9.17, 15) is 9.59 Å². The smallest absolute Gasteiger partial charge is 0.254 e. The molecule has 1 aliphatic carbocycles. The molecule has 1 fully saturated rings. The monoisotopic (exact) mass is 417 g/mol. The van der Waals surface area contributed by atoms with E-state index in [4.69, 9.17) is 11.5 Å². The first-order valence-electron chi connectivity index (χ1n) is 10.6. The predicted molar refractivity (Wildman–Crippen MR) is 120 cm³/mol. The summed E-state index contributed by atoms with van der Waals surface area (Å²) in [6.07, 6.45) is 4.27. The van der Waals surface area contributed by atoms with E-state index in [1.807, 2.05) is 55.5 Å². The Hall–Kier alpha value is -3.61. The van der Waals surface area contributed by atoms with Gasteiger partial charge in [-0.05, 0) is 37.0 Å². The number of primary amides is 1. The summed E-state index contributed by atoms with van der Waals surface area (Å²) in [6.45, 7) is 2.31. The molecular weight excluding hydrogens is 390 g/mol. The molecule has 0 aliphatic heterocycles. The average molecular weight is 418 g/mol. The molecule has 31 heavy (non-hydrogen) atoms. The molecular formula is C24H27N5O2. The third-order valence-electron chi connectivity index (χ3n) is 5.93. The summed E-state index contributed by atoms with van der Waals surface area (Å²) >= 11 is 0. The lowest BCUT2D eigenvalue weighted by molar-refractivity contribution is 0.0949. The van der Waals surface area contributed by atoms with Crippen LogP contribution in [0.5, 0.6) is 0 Å². The van der Waals surface area contributed by atoms with Gasteiger partial charge in [0, 0.05) is 17.7 Å². The zero-order valence-electron chi connectivity index (χ0n) is 17.6. The lowest BCUT2D eigenvalue weighted by Crippen LogP contribution is -2.23. The van der Waals surface area contributed by atoms with Gasteiger partial charge in [0.2, 0.25) is 0 Å². The number of nitrogens with two attached hydrogens (primary N) is 2. The molecule has 1 aliphatic rings. The molecule has 1 aromatic heterocycles. The minimum atomic E-state index is -0.577. The van der Waals surface area contributed by atoms with Gasteiger partial charge in [0.05, 0.1) is 6.04 Å². The number of amides is 2. The van der Waals surface area contributed by atoms with Crippen LogP contribution < -0.4 is 16.8 Å². The van der Waals surface area contributed by atoms with E-state index in [1.165, 1.54) is 0 Å². The lowest BCUT2D eigenvalue weighted by Gasteiger charge is -2.11. The van der Waals surface area contributed by atoms with Crippen molar-refractivity contribution < 1.29 is 9.59 Å². The number of nitrogen functional groups attached to an aromatic ring is 1. The number of rotatable bonds is 6. The molecule has 4 rings (SSSR count). The minimum absolute atomic E-state index is 0.110. The minimum Gasteiger partial charge on any atom is -0.383 e. The van der Waals surface area contributed by atoms with E-state index in [2.05, 4.69) is 10.4 Å². The van der Waals surface area contributed by atoms with Crippen LogP contribution in [0, 0.1) is 6.92 Å². The lowest BCUT2D eigenvalue weighted by atomic mass is 10.0. The number of aromatic nitrogens is 2. The number of aryl methyl sites for hydroxylation is 1. The Balaban J connectivity index is 1.53. The van der Waals surface area contributed by atoms with Crippen LogP contribution in [0.3, 0.4) is 0 Å². The number of nitrogens with one attached hydrogen (secondary N) is 1. The molecule has 2 amide bonds. The van der Waals surface area contributed by atoms with Gasteiger partial charge >= 0.3 is 0 Å². The molecule has 160 valence electrons. The third kappa shape index (κ3) is 4.17. The van der Waals surface area contributed by atoms with Crippen LogP contribution in [0.2, 0.25) is 0 Å². The van der Waals surface area contributed by atoms with Crippen LogP contribution >= 0.6 is 0 Å². The topological polar surface area (TPSA) is 116 Å². The molecule has 1 heterocycles. The highest BCUT2D eigenvalue weighted by molar-refractivity contribution is 6.03. The van der Waals surface area contributed by atoms with Crippen LogP contribution in [0.25, 0.3) is 11.3 Å². The summed E-state index contributed by atoms with van der Waals surface area (Å²) in [5.74, 6) is -0.350. The molecule has 0 bridgehead atoms. The number of anilines is 1. The molecule has 5 N–H and O–H groups in total. The van der Waals surface area contributed by atoms with E-state index < -0.39 is 5.91 Å². The van der Waals surface area contributed by atoms with Crippen molar-refractivity contribution in [3.8, 4) is 11.3 Å². The average Bonchev–Trinajstić information content (AvgIpc) is 3.40. The van der Waals surface area contributed by atoms with Gasteiger partial charge in [-0.15, -0.1) is 0 Å². The Bertz CT molecular complexity index is 1110. The summed E-state index contributed by atoms with van der Waals surface area (Å²) in [5.41, 5.74) is 16.0. The summed E-state index contributed by atoms with van der Waals surface area (Å²) in [5, 5.41) is 7.60. The van der Waals surface area contributed by atoms with Gasteiger partial charge in [0.1, 0.15) is 17.1 Å². The van der Waals surface area contributed by atoms with Crippen molar-refractivity contribution >= 4 is 17.6 Å². The number of carbonyl (C=O) groups is 2. The zero-order valence-corrected chi connectivity index (χ0v) is 17.6. The maximum absolute atomic E-state index is 12.4. The van der Waals surface area contributed by atoms with Crippen molar-refractivity contribution in [3.05, 3.63) is 70.8 Å². The Morgan fingerprint density at radius 1 is 1.10 bits per heavy atom. The number of nitrogens with zero attached hydrogens (tertiary/aromatic N) is 2. The maximum atomic E-state index is 12.4. The van der Waals surface area contributed by atoms with Crippen molar-refractivity contribution in [1.82, 2.24) is 15.1 Å². The number of carbonyl (C=O) groups excluding carboxylic acids is 2. The Morgan fingerprint density at radius 3 is 2.42 bits per heavy atom. The number of benzene rings is 2. The quantitative estimate of drug-likeness (QED) is 0.568. The van der Waals surface area contributed by atoms with Crippen LogP contribution in [0.1, 0.15) is 63.6 Å². The van der Waals surface area contributed by atoms with Crippen molar-refractivity contribution in [2.24, 2.45) is 5.73 Å². The first-order valence-corrected chi connectivity index (χ1v) is 10.6. The van der Waals surface area contributed by atoms with Gasteiger partial charge in [-0.3, -0.25) is 9.59 Å². The van der Waals surface area contributed by atoms with Crippen molar-refractivity contribution in [2.45, 2.75) is 45.2 Å². The number of hydrogen-bond donors (Lipinski definition) is 3. The molecule has 0 unspecified atom stereocenters. The maximum Gasteiger partial charge on any atom is 0.254 e. The standard InChI is InChI=1S/C24H27N5O2/c1-15-6-2-5-9-19(15)24(31)27-14-16-10-12-17(13-11-16)21-20(23(26)30)22(25)29(28-21)18-7-3-4-8-18/h2,5-6,9-13,18H,3-4,7-8,14,25H2,1H3,(H2,26,30)(H,27,31). The zero-order chi connectivity index (χ0) is 22.0. The molecule has 1 saturated carbocycles. The first kappa shape index (κ1) is 20.7. The second kappa shape index (κ2) is 8.63. The Kier molecular flexibility index (Phi) is 5.75. The van der Waals surface area contributed by atoms with Gasteiger partial charge in [-0.2, -0.15) is 5.10 Å². The van der Waals surface area contributed by atoms with Gasteiger partial charge in [0.15, 0.2) is 0 Å². The van der Waals surface area contributed by atoms with Crippen LogP contribution in [-0.4, -0.2) is 21.6 Å². The third-order valence-corrected chi connectivity index (χ3v) is 5.93. The second-order valence-corrected chi connectivity index (χ2v) is 8.05. The Morgan fingerprint density at radius 2 is 1.77 bits per heavy atom. The van der Waals surface area contributed by atoms with Gasteiger partial charge in [-0.25, -0.2) is 4.68 Å². The second-order valence-electron chi connectivity index (χ2n) is 8.05. The molecule has 0 saturated heterocycles. The first-order chi connectivity index (χ1) is 15.0. The highest BCUT2D eigenvalue weighted by atomic mass is 16.2. The fourth-order valence-corrected chi connectivity index (χ4v) is 4.21. The van der Waals surface area contributed by atoms with E-state index in [0.717, 1.165) is 42.4 Å². The summed E-state index contributed by atoms with van der Waals surface area (Å²) in [7, 11) is 0. The van der Waals surface area contributed by atoms with Crippen LogP contribution in [0.4, 0.5) is 5.82 Å². The van der Waals surface area contributed by atoms with Crippen LogP contribution in [0.15, 0.2) is 48.5 Å². The van der Waals surface area contributed by atoms with Gasteiger partial charge < -0.3 is 16.8 Å². The molecule has 0 atom stereocenters. The van der Waals surface area contributed by atoms with Crippen molar-refractivity contribution in [3.63, 3.8) is 0 Å². The van der Waals surface area contributed by atoms with E-state index >= 15 is 0 Å². The highest BCUT2D eigenvalue weighted by Crippen LogP contribution is 2.35. The molecule has 3 aromatic rings. The largest absolute Gasteiger partial charge is 0.383 e. The predicted octanol–water partition coefficient (Wildman–Crippen LogP) is 3.58. The van der Waals surface area contributed by atoms with Crippen molar-refractivity contribution in [1.29, 1.82) is 0 Å². The fraction of sp³-hybridized carbons (Fsp3) is 0.292. The van der Waals surface area contributed by atoms with E-state index in [0.29, 0.717) is 23.6 Å². The van der Waals surface area contributed by atoms with E-state index in [-0.39, 0.29) is 17.5 Å². The summed E-state index contributed by atoms with van der Waals surface area (Å²) in [4.78, 5) is 24.5. The fourth-order valence-electron chi connectivity index (χ4n) is 4.21. The van der Waals surface area contributed by atoms with Gasteiger partial charge in [0.25, 0.3) is 11.8 Å². The number of hydrogen-bond acceptors (Lipinski definition) is 4. The normalized spacial score (nSPS) is 14.0. The SMILES string of the molecule is Cc1ccccc1C(=O)NCc1ccc(-c2nn(C3CCCC3)c(N)c2C(N)=O)cc1. The highest BCUT2D eigenvalue weighted by Gasteiger charge is 2.27. The summed E-state index contributed by atoms with van der Waals surface area (Å²) < 4.78 is 1.76. The van der Waals surface area contributed by atoms with E-state index in [1.54, 1.807) is 4.68 Å². The van der Waals surface area contributed by atoms with Gasteiger partial charge in [-0.1, -0.05) is 55.3 Å².